The summed E-state index contributed by atoms with van der Waals surface area (Å²) >= 11 is 0. The van der Waals surface area contributed by atoms with Crippen molar-refractivity contribution in [1.29, 1.82) is 5.26 Å². The molecule has 2 aromatic heterocycles. The highest BCUT2D eigenvalue weighted by atomic mass is 35.5. The number of aryl methyl sites for hydroxylation is 3. The molecule has 0 amide bonds. The highest BCUT2D eigenvalue weighted by Gasteiger charge is 2.37. The van der Waals surface area contributed by atoms with Gasteiger partial charge in [-0.2, -0.15) is 43.4 Å². The Hall–Kier alpha value is -11.7. The van der Waals surface area contributed by atoms with E-state index in [1.165, 1.54) is 97.3 Å². The number of benzene rings is 7. The molecule has 0 bridgehead atoms. The van der Waals surface area contributed by atoms with Crippen LogP contribution in [0.3, 0.4) is 0 Å². The maximum absolute atomic E-state index is 14.0. The topological polar surface area (TPSA) is 593 Å². The summed E-state index contributed by atoms with van der Waals surface area (Å²) in [7, 11) is -27.4. The zero-order valence-electron chi connectivity index (χ0n) is 72.3. The molecule has 133 heavy (non-hydrogen) atoms. The van der Waals surface area contributed by atoms with Crippen molar-refractivity contribution in [3.8, 4) is 40.6 Å². The molecule has 0 spiro atoms. The summed E-state index contributed by atoms with van der Waals surface area (Å²) in [5.74, 6) is -1.29. The molecule has 12 N–H and O–H groups in total. The van der Waals surface area contributed by atoms with E-state index in [1.807, 2.05) is 6.07 Å². The Morgan fingerprint density at radius 1 is 0.391 bits per heavy atom. The zero-order valence-corrected chi connectivity index (χ0v) is 81.2. The van der Waals surface area contributed by atoms with E-state index in [1.54, 1.807) is 120 Å². The van der Waals surface area contributed by atoms with E-state index in [-0.39, 0.29) is 196 Å². The fourth-order valence-electron chi connectivity index (χ4n) is 11.3. The third-order valence-electron chi connectivity index (χ3n) is 16.7. The lowest BCUT2D eigenvalue weighted by Gasteiger charge is -2.23. The number of nitrogens with two attached hydrogens (primary N) is 6. The van der Waals surface area contributed by atoms with Crippen LogP contribution in [0.25, 0.3) is 0 Å². The fraction of sp³-hybridized carbons (Fsp3) is 0.293. The first kappa shape index (κ1) is 117. The lowest BCUT2D eigenvalue weighted by Crippen LogP contribution is -2.37. The van der Waals surface area contributed by atoms with Crippen LogP contribution in [-0.4, -0.2) is 176 Å². The molecule has 0 unspecified atom stereocenters. The second-order valence-electron chi connectivity index (χ2n) is 26.9. The average Bonchev–Trinajstić information content (AvgIpc) is 0.775. The summed E-state index contributed by atoms with van der Waals surface area (Å²) in [5, 5.41) is 19.3. The predicted molar refractivity (Wildman–Crippen MR) is 504 cm³/mol. The molecule has 0 saturated carbocycles. The number of esters is 2. The third kappa shape index (κ3) is 38.8. The van der Waals surface area contributed by atoms with Crippen molar-refractivity contribution in [2.24, 2.45) is 49.9 Å². The molecule has 9 aromatic rings. The van der Waals surface area contributed by atoms with E-state index in [2.05, 4.69) is 25.4 Å². The maximum Gasteiger partial charge on any atom is 0.340 e. The van der Waals surface area contributed by atoms with E-state index in [0.29, 0.717) is 70.0 Å². The van der Waals surface area contributed by atoms with Crippen LogP contribution in [0.5, 0.6) is 34.5 Å². The van der Waals surface area contributed by atoms with Crippen LogP contribution < -0.4 is 61.2 Å². The predicted octanol–water partition coefficient (Wildman–Crippen LogP) is 9.11. The Labute approximate surface area is 804 Å². The van der Waals surface area contributed by atoms with Gasteiger partial charge in [0.2, 0.25) is 47.9 Å². The lowest BCUT2D eigenvalue weighted by molar-refractivity contribution is -0.144. The average molecular weight is 2070 g/mol. The second kappa shape index (κ2) is 57.7. The molecule has 9 rings (SSSR count). The number of nitrogens with zero attached hydrogens (tertiary/aromatic N) is 9. The number of halogens is 5. The molecule has 40 nitrogen and oxygen atoms in total. The van der Waals surface area contributed by atoms with Gasteiger partial charge in [-0.3, -0.25) is 19.6 Å². The van der Waals surface area contributed by atoms with Gasteiger partial charge < -0.3 is 85.1 Å². The minimum absolute atomic E-state index is 0. The number of carbonyl (C=O) groups excluding carboxylic acids is 2. The van der Waals surface area contributed by atoms with Crippen LogP contribution in [-0.2, 0) is 114 Å². The van der Waals surface area contributed by atoms with Gasteiger partial charge in [0.25, 0.3) is 0 Å². The number of ether oxygens (including phenoxy) is 5. The standard InChI is InChI=1S/C29H36N4O9S2.C27H33N5O9S2.C26H30N6O7S2.5ClH/c1-3-39-28(34)14-15-33(21-23-10-5-4-6-11-23)43(35,36)26-12-7-8-13-27(26)44(37,38)42-25-19-22(2)18-24(20-25)40-16-9-17-41-32-29(30)31;1-3-38-26(33)19-32(18-21-9-6-7-12-30-21)42(34,35)24-10-4-5-11-25(24)43(36,37)41-23-16-20(2)15-22(17-23)39-13-8-14-40-31-27(28)29;1-20-15-22(37-13-6-14-38-31-26(28)29)17-23(16-20)39-41(35,36)25-9-3-2-8-24(25)40(33,34)32(12-5-10-27)19-21-7-4-11-30-18-21;;;;;/h4-8,10-13,18-20H,3,9,14-17,21H2,1-2H3,(H4,30,31,32);4-7,9-12,15-17H,3,8,13-14,18-19H2,1-2H3,(H4,28,29,31);2-4,7-9,11,15-18H,5-6,12-14,19H2,1H3,(H4,28,29,31);5*1H. The Balaban J connectivity index is 0.000000663. The number of guanidine groups is 3. The molecule has 51 heteroatoms. The summed E-state index contributed by atoms with van der Waals surface area (Å²) in [4.78, 5) is 43.9. The molecule has 0 radical (unpaired) electrons. The number of nitriles is 1. The lowest BCUT2D eigenvalue weighted by atomic mass is 10.2. The Morgan fingerprint density at radius 2 is 0.737 bits per heavy atom. The van der Waals surface area contributed by atoms with Crippen molar-refractivity contribution in [2.75, 3.05) is 72.5 Å². The van der Waals surface area contributed by atoms with E-state index in [4.69, 9.17) is 90.4 Å². The molecular formula is C82H104Cl5N15O25S6. The number of oxime groups is 3. The van der Waals surface area contributed by atoms with E-state index in [9.17, 15) is 60.1 Å². The fourth-order valence-corrected chi connectivity index (χ4v) is 20.6. The van der Waals surface area contributed by atoms with E-state index >= 15 is 0 Å². The zero-order chi connectivity index (χ0) is 93.5. The van der Waals surface area contributed by atoms with Gasteiger partial charge in [0, 0.05) is 88.7 Å². The van der Waals surface area contributed by atoms with Crippen molar-refractivity contribution in [3.63, 3.8) is 0 Å². The van der Waals surface area contributed by atoms with Crippen molar-refractivity contribution in [2.45, 2.75) is 116 Å². The molecule has 0 aliphatic carbocycles. The van der Waals surface area contributed by atoms with Crippen LogP contribution in [0, 0.1) is 32.1 Å². The van der Waals surface area contributed by atoms with Gasteiger partial charge in [0.05, 0.1) is 57.8 Å². The summed E-state index contributed by atoms with van der Waals surface area (Å²) in [5.41, 5.74) is 34.6. The maximum atomic E-state index is 14.0. The van der Waals surface area contributed by atoms with Gasteiger partial charge in [-0.05, 0) is 169 Å². The molecular weight excluding hydrogens is 1960 g/mol. The quantitative estimate of drug-likeness (QED) is 0.00516. The number of hydrogen-bond acceptors (Lipinski definition) is 31. The smallest absolute Gasteiger partial charge is 0.340 e. The Bertz CT molecular complexity index is 6070. The first-order chi connectivity index (χ1) is 60.9. The van der Waals surface area contributed by atoms with Gasteiger partial charge in [-0.1, -0.05) is 78.9 Å². The number of aromatic nitrogens is 2. The van der Waals surface area contributed by atoms with Gasteiger partial charge in [0.1, 0.15) is 90.2 Å². The van der Waals surface area contributed by atoms with Crippen LogP contribution in [0.4, 0.5) is 0 Å². The van der Waals surface area contributed by atoms with Gasteiger partial charge >= 0.3 is 42.3 Å². The van der Waals surface area contributed by atoms with Crippen molar-refractivity contribution >= 4 is 152 Å². The Kier molecular flexibility index (Phi) is 50.9. The van der Waals surface area contributed by atoms with Crippen molar-refractivity contribution in [1.82, 2.24) is 22.9 Å². The van der Waals surface area contributed by atoms with Crippen molar-refractivity contribution < 1.29 is 111 Å². The minimum Gasteiger partial charge on any atom is -0.493 e. The van der Waals surface area contributed by atoms with Crippen LogP contribution >= 0.6 is 62.0 Å². The first-order valence-electron chi connectivity index (χ1n) is 38.8. The number of carbonyl (C=O) groups is 2. The molecule has 0 saturated heterocycles. The van der Waals surface area contributed by atoms with Gasteiger partial charge in [0.15, 0.2) is 0 Å². The monoisotopic (exact) mass is 2070 g/mol. The molecule has 7 aromatic carbocycles. The number of sulfonamides is 3. The van der Waals surface area contributed by atoms with E-state index in [0.717, 1.165) is 37.2 Å². The van der Waals surface area contributed by atoms with Gasteiger partial charge in [-0.25, -0.2) is 25.3 Å². The summed E-state index contributed by atoms with van der Waals surface area (Å²) in [6, 6.07) is 47.7. The molecule has 0 aliphatic heterocycles. The summed E-state index contributed by atoms with van der Waals surface area (Å²) < 4.78 is 210. The molecule has 0 aliphatic rings. The van der Waals surface area contributed by atoms with Gasteiger partial charge in [-0.15, -0.1) is 62.0 Å². The van der Waals surface area contributed by atoms with E-state index < -0.39 is 108 Å². The summed E-state index contributed by atoms with van der Waals surface area (Å²) in [6.07, 6.45) is 5.47. The third-order valence-corrected chi connectivity index (χ3v) is 26.6. The number of rotatable bonds is 48. The Morgan fingerprint density at radius 3 is 1.10 bits per heavy atom. The molecule has 728 valence electrons. The van der Waals surface area contributed by atoms with Crippen molar-refractivity contribution in [3.05, 3.63) is 240 Å². The first-order valence-corrected chi connectivity index (χ1v) is 47.4. The SMILES string of the molecule is CCOC(=O)CCN(Cc1ccccc1)S(=O)(=O)c1ccccc1S(=O)(=O)Oc1cc(C)cc(OCCCON=C(N)N)c1.CCOC(=O)CN(Cc1ccccn1)S(=O)(=O)c1ccccc1S(=O)(=O)Oc1cc(C)cc(OCCCON=C(N)N)c1.Cc1cc(OCCCON=C(N)N)cc(OS(=O)(=O)c2ccccc2S(=O)(=O)N(CCC#N)Cc2cccnc2)c1.Cl.Cl.Cl.Cl.Cl. The molecule has 2 heterocycles. The highest BCUT2D eigenvalue weighted by Crippen LogP contribution is 2.35. The normalized spacial score (nSPS) is 11.1. The summed E-state index contributed by atoms with van der Waals surface area (Å²) in [6.45, 7) is 8.15. The second-order valence-corrected chi connectivity index (χ2v) is 37.2. The number of hydrogen-bond donors (Lipinski definition) is 6. The van der Waals surface area contributed by atoms with Crippen LogP contribution in [0.2, 0.25) is 0 Å². The minimum atomic E-state index is -4.70. The number of pyridine rings is 2. The largest absolute Gasteiger partial charge is 0.493 e. The highest BCUT2D eigenvalue weighted by molar-refractivity contribution is 7.92. The van der Waals surface area contributed by atoms with Crippen LogP contribution in [0.1, 0.15) is 79.5 Å². The molecule has 0 fully saturated rings. The molecule has 0 atom stereocenters. The van der Waals surface area contributed by atoms with Crippen LogP contribution in [0.15, 0.2) is 251 Å².